The van der Waals surface area contributed by atoms with Gasteiger partial charge in [0, 0.05) is 11.5 Å². The Hall–Kier alpha value is -1.22. The first-order valence-electron chi connectivity index (χ1n) is 7.80. The van der Waals surface area contributed by atoms with Crippen LogP contribution in [0.1, 0.15) is 43.2 Å². The molecular weight excluding hydrogens is 250 g/mol. The predicted octanol–water partition coefficient (Wildman–Crippen LogP) is 3.35. The van der Waals surface area contributed by atoms with E-state index in [-0.39, 0.29) is 0 Å². The number of fused-ring (bicyclic) bond motifs is 3. The second-order valence-corrected chi connectivity index (χ2v) is 6.04. The minimum absolute atomic E-state index is 0.521. The fourth-order valence-electron chi connectivity index (χ4n) is 3.81. The normalized spacial score (nSPS) is 25.6. The fraction of sp³-hybridized carbons (Fsp3) is 0.647. The molecule has 0 N–H and O–H groups in total. The average Bonchev–Trinajstić information content (AvgIpc) is 2.46. The number of methoxy groups -OCH3 is 1. The number of rotatable bonds is 3. The highest BCUT2D eigenvalue weighted by molar-refractivity contribution is 5.52. The summed E-state index contributed by atoms with van der Waals surface area (Å²) < 4.78 is 11.7. The van der Waals surface area contributed by atoms with E-state index in [9.17, 15) is 0 Å². The molecule has 1 fully saturated rings. The Kier molecular flexibility index (Phi) is 3.88. The maximum atomic E-state index is 6.07. The van der Waals surface area contributed by atoms with Gasteiger partial charge in [0.2, 0.25) is 0 Å². The van der Waals surface area contributed by atoms with Crippen LogP contribution in [-0.4, -0.2) is 37.7 Å². The van der Waals surface area contributed by atoms with Crippen molar-refractivity contribution in [2.45, 2.75) is 45.1 Å². The first kappa shape index (κ1) is 13.7. The van der Waals surface area contributed by atoms with Crippen LogP contribution in [0.15, 0.2) is 12.1 Å². The lowest BCUT2D eigenvalue weighted by molar-refractivity contribution is 0.0645. The lowest BCUT2D eigenvalue weighted by atomic mass is 9.81. The molecule has 0 spiro atoms. The highest BCUT2D eigenvalue weighted by Gasteiger charge is 2.39. The summed E-state index contributed by atoms with van der Waals surface area (Å²) in [5.74, 6) is 2.61. The first-order chi connectivity index (χ1) is 9.74. The highest BCUT2D eigenvalue weighted by Crippen LogP contribution is 2.46. The molecule has 20 heavy (non-hydrogen) atoms. The van der Waals surface area contributed by atoms with Crippen molar-refractivity contribution in [3.63, 3.8) is 0 Å². The van der Waals surface area contributed by atoms with Crippen LogP contribution in [0.2, 0.25) is 0 Å². The Bertz CT molecular complexity index is 467. The van der Waals surface area contributed by atoms with Crippen molar-refractivity contribution in [3.8, 4) is 11.5 Å². The van der Waals surface area contributed by atoms with Crippen LogP contribution >= 0.6 is 0 Å². The maximum Gasteiger partial charge on any atom is 0.126 e. The van der Waals surface area contributed by atoms with Crippen LogP contribution in [0.4, 0.5) is 0 Å². The molecule has 1 aromatic carbocycles. The van der Waals surface area contributed by atoms with E-state index in [4.69, 9.17) is 9.47 Å². The summed E-state index contributed by atoms with van der Waals surface area (Å²) in [5.41, 5.74) is 2.51. The molecule has 0 radical (unpaired) electrons. The van der Waals surface area contributed by atoms with Crippen molar-refractivity contribution in [2.24, 2.45) is 0 Å². The van der Waals surface area contributed by atoms with E-state index < -0.39 is 0 Å². The quantitative estimate of drug-likeness (QED) is 0.844. The third kappa shape index (κ3) is 2.28. The highest BCUT2D eigenvalue weighted by atomic mass is 16.5. The number of benzene rings is 1. The van der Waals surface area contributed by atoms with Gasteiger partial charge in [-0.25, -0.2) is 0 Å². The molecule has 2 atom stereocenters. The lowest BCUT2D eigenvalue weighted by Gasteiger charge is -2.44. The third-order valence-corrected chi connectivity index (χ3v) is 4.65. The zero-order valence-electron chi connectivity index (χ0n) is 12.8. The zero-order valence-corrected chi connectivity index (χ0v) is 12.8. The predicted molar refractivity (Wildman–Crippen MR) is 80.9 cm³/mol. The van der Waals surface area contributed by atoms with Crippen LogP contribution in [0, 0.1) is 6.92 Å². The molecule has 2 aliphatic heterocycles. The van der Waals surface area contributed by atoms with Crippen molar-refractivity contribution in [3.05, 3.63) is 23.3 Å². The number of nitrogens with zero attached hydrogens (tertiary/aromatic N) is 1. The Morgan fingerprint density at radius 3 is 3.00 bits per heavy atom. The summed E-state index contributed by atoms with van der Waals surface area (Å²) >= 11 is 0. The number of aryl methyl sites for hydroxylation is 1. The van der Waals surface area contributed by atoms with Gasteiger partial charge in [-0.2, -0.15) is 0 Å². The summed E-state index contributed by atoms with van der Waals surface area (Å²) in [6.07, 6.45) is 3.74. The number of ether oxygens (including phenoxy) is 2. The minimum Gasteiger partial charge on any atom is -0.496 e. The Morgan fingerprint density at radius 2 is 2.25 bits per heavy atom. The zero-order chi connectivity index (χ0) is 14.1. The van der Waals surface area contributed by atoms with Gasteiger partial charge in [-0.1, -0.05) is 6.92 Å². The SMILES string of the molecule is CCCN1CCC[C@H]2c3c(OC)cc(C)cc3OC[C@@H]21. The summed E-state index contributed by atoms with van der Waals surface area (Å²) in [7, 11) is 1.77. The summed E-state index contributed by atoms with van der Waals surface area (Å²) in [6.45, 7) is 7.56. The van der Waals surface area contributed by atoms with Gasteiger partial charge in [0.05, 0.1) is 13.2 Å². The van der Waals surface area contributed by atoms with Crippen LogP contribution in [0.25, 0.3) is 0 Å². The number of hydrogen-bond donors (Lipinski definition) is 0. The molecule has 3 rings (SSSR count). The standard InChI is InChI=1S/C17H25NO2/c1-4-7-18-8-5-6-13-14(18)11-20-16-10-12(2)9-15(19-3)17(13)16/h9-10,13-14H,4-8,11H2,1-3H3/t13-,14+/m1/s1. The molecular formula is C17H25NO2. The molecule has 0 bridgehead atoms. The number of piperidine rings is 1. The molecule has 1 saturated heterocycles. The van der Waals surface area contributed by atoms with E-state index >= 15 is 0 Å². The van der Waals surface area contributed by atoms with Gasteiger partial charge in [0.25, 0.3) is 0 Å². The van der Waals surface area contributed by atoms with E-state index in [1.54, 1.807) is 7.11 Å². The van der Waals surface area contributed by atoms with Crippen molar-refractivity contribution in [1.29, 1.82) is 0 Å². The van der Waals surface area contributed by atoms with E-state index in [0.717, 1.165) is 18.1 Å². The maximum absolute atomic E-state index is 6.07. The third-order valence-electron chi connectivity index (χ3n) is 4.65. The van der Waals surface area contributed by atoms with E-state index in [1.807, 2.05) is 0 Å². The van der Waals surface area contributed by atoms with Gasteiger partial charge in [0.1, 0.15) is 18.1 Å². The monoisotopic (exact) mass is 275 g/mol. The second kappa shape index (κ2) is 5.65. The summed E-state index contributed by atoms with van der Waals surface area (Å²) in [6, 6.07) is 4.82. The Balaban J connectivity index is 1.98. The van der Waals surface area contributed by atoms with Gasteiger partial charge in [-0.3, -0.25) is 4.90 Å². The molecule has 0 aliphatic carbocycles. The molecule has 3 heteroatoms. The van der Waals surface area contributed by atoms with E-state index in [2.05, 4.69) is 30.9 Å². The first-order valence-corrected chi connectivity index (χ1v) is 7.80. The molecule has 2 aliphatic rings. The largest absolute Gasteiger partial charge is 0.496 e. The molecule has 0 aromatic heterocycles. The summed E-state index contributed by atoms with van der Waals surface area (Å²) in [5, 5.41) is 0. The van der Waals surface area contributed by atoms with Gasteiger partial charge in [-0.15, -0.1) is 0 Å². The minimum atomic E-state index is 0.521. The van der Waals surface area contributed by atoms with Crippen LogP contribution < -0.4 is 9.47 Å². The van der Waals surface area contributed by atoms with Crippen molar-refractivity contribution in [1.82, 2.24) is 4.90 Å². The second-order valence-electron chi connectivity index (χ2n) is 6.04. The van der Waals surface area contributed by atoms with Crippen molar-refractivity contribution < 1.29 is 9.47 Å². The van der Waals surface area contributed by atoms with Crippen LogP contribution in [0.5, 0.6) is 11.5 Å². The van der Waals surface area contributed by atoms with Crippen molar-refractivity contribution in [2.75, 3.05) is 26.8 Å². The van der Waals surface area contributed by atoms with Gasteiger partial charge in [-0.05, 0) is 57.0 Å². The topological polar surface area (TPSA) is 21.7 Å². The van der Waals surface area contributed by atoms with Crippen molar-refractivity contribution >= 4 is 0 Å². The Morgan fingerprint density at radius 1 is 1.40 bits per heavy atom. The van der Waals surface area contributed by atoms with Crippen LogP contribution in [-0.2, 0) is 0 Å². The molecule has 0 amide bonds. The number of hydrogen-bond acceptors (Lipinski definition) is 3. The molecule has 3 nitrogen and oxygen atoms in total. The molecule has 1 aromatic rings. The van der Waals surface area contributed by atoms with Crippen LogP contribution in [0.3, 0.4) is 0 Å². The van der Waals surface area contributed by atoms with Gasteiger partial charge < -0.3 is 9.47 Å². The molecule has 2 heterocycles. The molecule has 0 unspecified atom stereocenters. The van der Waals surface area contributed by atoms with E-state index in [0.29, 0.717) is 12.0 Å². The number of likely N-dealkylation sites (tertiary alicyclic amines) is 1. The fourth-order valence-corrected chi connectivity index (χ4v) is 3.81. The smallest absolute Gasteiger partial charge is 0.126 e. The van der Waals surface area contributed by atoms with Gasteiger partial charge in [0.15, 0.2) is 0 Å². The summed E-state index contributed by atoms with van der Waals surface area (Å²) in [4.78, 5) is 2.61. The molecule has 0 saturated carbocycles. The lowest BCUT2D eigenvalue weighted by Crippen LogP contribution is -2.49. The van der Waals surface area contributed by atoms with E-state index in [1.165, 1.54) is 43.5 Å². The van der Waals surface area contributed by atoms with Gasteiger partial charge >= 0.3 is 0 Å². The molecule has 110 valence electrons. The average molecular weight is 275 g/mol. The Labute approximate surface area is 121 Å².